The number of esters is 9. The van der Waals surface area contributed by atoms with Crippen LogP contribution in [0, 0.1) is 12.8 Å². The van der Waals surface area contributed by atoms with Crippen LogP contribution in [0.1, 0.15) is 116 Å². The third-order valence-corrected chi connectivity index (χ3v) is 17.7. The number of phenols is 24. The van der Waals surface area contributed by atoms with Crippen LogP contribution in [-0.2, 0) is 23.7 Å². The van der Waals surface area contributed by atoms with Gasteiger partial charge in [0.1, 0.15) is 30.3 Å². The molecule has 632 valence electrons. The predicted molar refractivity (Wildman–Crippen MR) is 389 cm³/mol. The largest absolute Gasteiger partial charge is 0.508 e. The Balaban J connectivity index is 1.09. The molecule has 10 aromatic carbocycles. The van der Waals surface area contributed by atoms with Gasteiger partial charge in [-0.3, -0.25) is 4.79 Å². The zero-order chi connectivity index (χ0) is 89.4. The summed E-state index contributed by atoms with van der Waals surface area (Å²) in [6.45, 7) is -0.387. The van der Waals surface area contributed by atoms with Crippen molar-refractivity contribution in [2.75, 3.05) is 6.61 Å². The van der Waals surface area contributed by atoms with Crippen LogP contribution in [0.4, 0.5) is 0 Å². The molecular weight excluding hydrogens is 1640 g/mol. The maximum Gasteiger partial charge on any atom is 0.343 e. The van der Waals surface area contributed by atoms with Crippen molar-refractivity contribution < 1.29 is 218 Å². The van der Waals surface area contributed by atoms with Crippen LogP contribution >= 0.6 is 0 Å². The van der Waals surface area contributed by atoms with E-state index in [0.29, 0.717) is 109 Å². The van der Waals surface area contributed by atoms with E-state index >= 15 is 19.2 Å². The average molecular weight is 1700 g/mol. The standard InChI is InChI=1S/C78H56O44/c1-24-36(79)3-26(4-37(24)80)70(105)116-56-21-34(16-51(94)66(56)103)77(112)122-78-68(121-76(111)33-15-50(93)65(102)55(20-33)118-74(109)30-11-45(88)61(98)46(89)12-30)35(22-38(81)25-2-47(90)62(99)52(17-25)114-71(106)27-5-39(82)58(95)40(83)6-27)67(120-75(110)32-14-49(92)64(101)54(19-32)117-73(108)29-9-43(86)60(97)44(87)10-29)57(119-78)23-113-69(104)31-13-48(91)63(100)53(18-31)115-72(107)28-7-41(84)59(96)42(85)8-28/h2-21,35,57,67-68,78-80,82-103H,22-23H2,1H3/t35-,57+,67-,68+,78+/m0/s1. The van der Waals surface area contributed by atoms with Gasteiger partial charge in [-0.2, -0.15) is 0 Å². The molecule has 0 spiro atoms. The second-order valence-electron chi connectivity index (χ2n) is 25.8. The minimum absolute atomic E-state index is 0.149. The number of ether oxygens (including phenoxy) is 10. The first-order chi connectivity index (χ1) is 57.4. The van der Waals surface area contributed by atoms with E-state index in [4.69, 9.17) is 47.4 Å². The number of rotatable bonds is 22. The van der Waals surface area contributed by atoms with E-state index in [0.717, 1.165) is 12.1 Å². The zero-order valence-electron chi connectivity index (χ0n) is 60.7. The van der Waals surface area contributed by atoms with Crippen LogP contribution in [-0.4, -0.2) is 213 Å². The van der Waals surface area contributed by atoms with Gasteiger partial charge in [-0.05, 0) is 128 Å². The second-order valence-corrected chi connectivity index (χ2v) is 25.8. The summed E-state index contributed by atoms with van der Waals surface area (Å²) in [6, 6.07) is 9.96. The van der Waals surface area contributed by atoms with Crippen LogP contribution in [0.2, 0.25) is 0 Å². The highest BCUT2D eigenvalue weighted by Gasteiger charge is 2.54. The monoisotopic (exact) mass is 1700 g/mol. The van der Waals surface area contributed by atoms with Crippen molar-refractivity contribution >= 4 is 59.5 Å². The van der Waals surface area contributed by atoms with Gasteiger partial charge in [0.05, 0.1) is 50.1 Å². The fourth-order valence-electron chi connectivity index (χ4n) is 11.4. The lowest BCUT2D eigenvalue weighted by atomic mass is 9.83. The third kappa shape index (κ3) is 17.7. The smallest absolute Gasteiger partial charge is 0.343 e. The Morgan fingerprint density at radius 1 is 0.254 bits per heavy atom. The van der Waals surface area contributed by atoms with E-state index < -0.39 is 325 Å². The van der Waals surface area contributed by atoms with E-state index in [9.17, 15) is 151 Å². The first-order valence-electron chi connectivity index (χ1n) is 33.8. The van der Waals surface area contributed by atoms with Gasteiger partial charge in [0, 0.05) is 23.5 Å². The quantitative estimate of drug-likeness (QED) is 0.0120. The SMILES string of the molecule is Cc1c(O)cc(C(=O)Oc2cc(C(=O)O[C@H]3O[C@H](COC(=O)c4cc(O)c(O)c(OC(=O)c5cc(O)c(O)c(O)c5)c4)[C@@H](OC(=O)c4cc(O)c(O)c(OC(=O)c5cc(O)c(O)c(O)c5)c4)[C@H](CC(=O)c4cc(O)c(O)c(OC(=O)c5cc(O)c(O)c(O)c5)c4)[C@H]3OC(=O)c3cc(O)c(O)c(OC(=O)c4cc(O)c(O)c(O)c4)c3)cc(O)c2O)cc1O. The molecule has 11 rings (SSSR count). The van der Waals surface area contributed by atoms with E-state index in [2.05, 4.69) is 0 Å². The molecule has 44 nitrogen and oxygen atoms in total. The summed E-state index contributed by atoms with van der Waals surface area (Å²) < 4.78 is 55.4. The molecule has 1 heterocycles. The number of Topliss-reactive ketones (excluding diaryl/α,β-unsaturated/α-hetero) is 1. The van der Waals surface area contributed by atoms with E-state index in [-0.39, 0.29) is 5.56 Å². The zero-order valence-corrected chi connectivity index (χ0v) is 60.7. The fraction of sp³-hybridized carbons (Fsp3) is 0.103. The van der Waals surface area contributed by atoms with Crippen LogP contribution in [0.15, 0.2) is 121 Å². The maximum absolute atomic E-state index is 15.5. The highest BCUT2D eigenvalue weighted by Crippen LogP contribution is 2.48. The van der Waals surface area contributed by atoms with Gasteiger partial charge < -0.3 is 170 Å². The van der Waals surface area contributed by atoms with Crippen molar-refractivity contribution in [3.63, 3.8) is 0 Å². The summed E-state index contributed by atoms with van der Waals surface area (Å²) in [7, 11) is 0. The number of carbonyl (C=O) groups excluding carboxylic acids is 10. The highest BCUT2D eigenvalue weighted by atomic mass is 16.7. The van der Waals surface area contributed by atoms with Crippen molar-refractivity contribution in [1.82, 2.24) is 0 Å². The Morgan fingerprint density at radius 2 is 0.467 bits per heavy atom. The Morgan fingerprint density at radius 3 is 0.746 bits per heavy atom. The summed E-state index contributed by atoms with van der Waals surface area (Å²) in [4.78, 5) is 143. The molecule has 10 aromatic rings. The molecule has 0 aromatic heterocycles. The molecule has 1 aliphatic rings. The van der Waals surface area contributed by atoms with Crippen molar-refractivity contribution in [2.24, 2.45) is 5.92 Å². The molecule has 1 aliphatic heterocycles. The molecule has 1 fully saturated rings. The number of phenolic OH excluding ortho intramolecular Hbond substituents is 24. The second kappa shape index (κ2) is 33.6. The Labute approximate surface area is 674 Å². The normalized spacial score (nSPS) is 14.7. The minimum Gasteiger partial charge on any atom is -0.508 e. The van der Waals surface area contributed by atoms with Gasteiger partial charge in [0.25, 0.3) is 0 Å². The third-order valence-electron chi connectivity index (χ3n) is 17.7. The van der Waals surface area contributed by atoms with Crippen LogP contribution < -0.4 is 23.7 Å². The Bertz CT molecular complexity index is 5970. The molecule has 0 amide bonds. The molecule has 122 heavy (non-hydrogen) atoms. The van der Waals surface area contributed by atoms with E-state index in [1.807, 2.05) is 0 Å². The van der Waals surface area contributed by atoms with Crippen molar-refractivity contribution in [1.29, 1.82) is 0 Å². The molecule has 0 aliphatic carbocycles. The fourth-order valence-corrected chi connectivity index (χ4v) is 11.4. The average Bonchev–Trinajstić information content (AvgIpc) is 0.763. The topological polar surface area (TPSA) is 749 Å². The number of hydrogen-bond donors (Lipinski definition) is 24. The molecule has 44 heteroatoms. The first kappa shape index (κ1) is 85.2. The van der Waals surface area contributed by atoms with Gasteiger partial charge in [0.15, 0.2) is 138 Å². The number of benzene rings is 10. The van der Waals surface area contributed by atoms with Gasteiger partial charge in [-0.1, -0.05) is 0 Å². The molecule has 5 atom stereocenters. The molecule has 1 saturated heterocycles. The molecule has 24 N–H and O–H groups in total. The lowest BCUT2D eigenvalue weighted by Crippen LogP contribution is -2.59. The predicted octanol–water partition coefficient (Wildman–Crippen LogP) is 6.10. The van der Waals surface area contributed by atoms with Crippen LogP contribution in [0.25, 0.3) is 0 Å². The highest BCUT2D eigenvalue weighted by molar-refractivity contribution is 6.01. The Kier molecular flexibility index (Phi) is 23.5. The van der Waals surface area contributed by atoms with E-state index in [1.54, 1.807) is 0 Å². The van der Waals surface area contributed by atoms with Crippen molar-refractivity contribution in [2.45, 2.75) is 37.9 Å². The van der Waals surface area contributed by atoms with Gasteiger partial charge >= 0.3 is 53.7 Å². The summed E-state index contributed by atoms with van der Waals surface area (Å²) in [5.41, 5.74) is -9.26. The minimum atomic E-state index is -2.96. The van der Waals surface area contributed by atoms with Gasteiger partial charge in [-0.25, -0.2) is 43.2 Å². The Hall–Kier alpha value is -17.7. The lowest BCUT2D eigenvalue weighted by molar-refractivity contribution is -0.270. The number of carbonyl (C=O) groups is 10. The summed E-state index contributed by atoms with van der Waals surface area (Å²) >= 11 is 0. The number of aromatic hydroxyl groups is 24. The van der Waals surface area contributed by atoms with Crippen molar-refractivity contribution in [3.05, 3.63) is 183 Å². The molecule has 0 bridgehead atoms. The van der Waals surface area contributed by atoms with Gasteiger partial charge in [-0.15, -0.1) is 0 Å². The molecule has 0 unspecified atom stereocenters. The number of ketones is 1. The van der Waals surface area contributed by atoms with Crippen LogP contribution in [0.5, 0.6) is 167 Å². The molecule has 0 radical (unpaired) electrons. The van der Waals surface area contributed by atoms with Crippen LogP contribution in [0.3, 0.4) is 0 Å². The summed E-state index contributed by atoms with van der Waals surface area (Å²) in [5.74, 6) is -54.4. The molecular formula is C78H56O44. The maximum atomic E-state index is 15.5. The first-order valence-corrected chi connectivity index (χ1v) is 33.8. The number of hydrogen-bond acceptors (Lipinski definition) is 44. The van der Waals surface area contributed by atoms with E-state index in [1.165, 1.54) is 6.92 Å². The summed E-state index contributed by atoms with van der Waals surface area (Å²) in [6.07, 6.45) is -12.8. The van der Waals surface area contributed by atoms with Gasteiger partial charge in [0.2, 0.25) is 35.0 Å². The van der Waals surface area contributed by atoms with Crippen molar-refractivity contribution in [3.8, 4) is 167 Å². The molecule has 0 saturated carbocycles. The lowest BCUT2D eigenvalue weighted by Gasteiger charge is -2.44. The summed E-state index contributed by atoms with van der Waals surface area (Å²) in [5, 5.41) is 252.